The van der Waals surface area contributed by atoms with Gasteiger partial charge in [0, 0.05) is 15.9 Å². The van der Waals surface area contributed by atoms with Crippen molar-refractivity contribution < 1.29 is 28.2 Å². The van der Waals surface area contributed by atoms with E-state index in [9.17, 15) is 0 Å². The van der Waals surface area contributed by atoms with E-state index in [-0.39, 0.29) is 21.8 Å². The van der Waals surface area contributed by atoms with E-state index < -0.39 is 6.85 Å². The van der Waals surface area contributed by atoms with Crippen molar-refractivity contribution in [3.8, 4) is 62.1 Å². The topological polar surface area (TPSA) is 36.9 Å². The Morgan fingerprint density at radius 1 is 0.562 bits per heavy atom. The third-order valence-corrected chi connectivity index (χ3v) is 16.1. The van der Waals surface area contributed by atoms with E-state index in [1.165, 1.54) is 16.7 Å². The van der Waals surface area contributed by atoms with Gasteiger partial charge >= 0.3 is 320 Å². The van der Waals surface area contributed by atoms with E-state index in [4.69, 9.17) is 13.8 Å². The van der Waals surface area contributed by atoms with Crippen LogP contribution in [0.25, 0.3) is 83.4 Å². The van der Waals surface area contributed by atoms with Crippen LogP contribution >= 0.6 is 0 Å². The zero-order valence-corrected chi connectivity index (χ0v) is 44.5. The van der Waals surface area contributed by atoms with Crippen molar-refractivity contribution in [2.45, 2.75) is 84.4 Å². The van der Waals surface area contributed by atoms with Crippen LogP contribution in [0.3, 0.4) is 0 Å². The number of benzene rings is 8. The number of nitrogens with zero attached hydrogens (tertiary/aromatic N) is 4. The molecule has 364 valence electrons. The Labute approximate surface area is 444 Å². The van der Waals surface area contributed by atoms with Gasteiger partial charge in [0.05, 0.1) is 0 Å². The van der Waals surface area contributed by atoms with Gasteiger partial charge in [-0.3, -0.25) is 0 Å². The Bertz CT molecular complexity index is 4060. The smallest absolute Gasteiger partial charge is 0.0622 e. The van der Waals surface area contributed by atoms with Gasteiger partial charge in [-0.25, -0.2) is 0 Å². The molecule has 0 fully saturated rings. The first kappa shape index (κ1) is 43.3. The van der Waals surface area contributed by atoms with Crippen LogP contribution in [0.1, 0.15) is 87.7 Å². The van der Waals surface area contributed by atoms with Gasteiger partial charge in [0.15, 0.2) is 0 Å². The number of rotatable bonds is 8. The molecule has 0 saturated heterocycles. The maximum atomic E-state index is 8.75. The van der Waals surface area contributed by atoms with Crippen LogP contribution < -0.4 is 4.74 Å². The molecule has 0 aliphatic heterocycles. The molecular formula is C67H58N4OPt-2. The first-order valence-electron chi connectivity index (χ1n) is 26.7. The molecule has 8 aromatic carbocycles. The fraction of sp³-hybridized carbons (Fsp3) is 0.194. The van der Waals surface area contributed by atoms with E-state index in [0.29, 0.717) is 22.9 Å². The van der Waals surface area contributed by atoms with Crippen LogP contribution in [-0.2, 0) is 35.6 Å². The standard InChI is InChI=1S/C67H58N4O.Pt/c1-44-35-63(68-42-56(44)47-25-16-11-17-26-47)71-61-39-51(31-32-52(61)55-40-57-58(41-62(55)71)67(7,8)34-33-66(57,5)6)72-50-28-20-27-49(38-50)69-43-70(60-30-19-18-29-59(60)69)64-53(45-21-12-9-13-22-45)36-48(65(2,3)4)37-54(64)46-23-14-10-15-24-46;/h9-32,35-37,40-42H,33-34H2,1-8H3;/q-2;/i1D3;. The van der Waals surface area contributed by atoms with Crippen molar-refractivity contribution in [3.05, 3.63) is 220 Å². The first-order chi connectivity index (χ1) is 36.4. The number of pyridine rings is 1. The third kappa shape index (κ3) is 8.14. The predicted octanol–water partition coefficient (Wildman–Crippen LogP) is 17.3. The molecule has 5 nitrogen and oxygen atoms in total. The number of aromatic nitrogens is 4. The van der Waals surface area contributed by atoms with Crippen molar-refractivity contribution in [2.75, 3.05) is 0 Å². The van der Waals surface area contributed by atoms with Crippen LogP contribution in [0.15, 0.2) is 182 Å². The van der Waals surface area contributed by atoms with Crippen LogP contribution in [0.4, 0.5) is 0 Å². The van der Waals surface area contributed by atoms with Crippen LogP contribution in [-0.4, -0.2) is 18.7 Å². The molecule has 73 heavy (non-hydrogen) atoms. The predicted molar refractivity (Wildman–Crippen MR) is 297 cm³/mol. The van der Waals surface area contributed by atoms with Crippen molar-refractivity contribution >= 4 is 32.8 Å². The molecule has 0 unspecified atom stereocenters. The Morgan fingerprint density at radius 2 is 1.12 bits per heavy atom. The summed E-state index contributed by atoms with van der Waals surface area (Å²) >= 11 is 2.48. The maximum absolute atomic E-state index is 8.75. The number of imidazole rings is 1. The van der Waals surface area contributed by atoms with Gasteiger partial charge in [-0.15, -0.1) is 0 Å². The molecule has 0 radical (unpaired) electrons. The molecule has 0 N–H and O–H groups in total. The number of hydrogen-bond donors (Lipinski definition) is 0. The molecule has 3 heterocycles. The molecule has 1 aliphatic rings. The average Bonchev–Trinajstić information content (AvgIpc) is 3.95. The Hall–Kier alpha value is -7.33. The zero-order chi connectivity index (χ0) is 52.9. The van der Waals surface area contributed by atoms with E-state index in [1.807, 2.05) is 48.5 Å². The monoisotopic (exact) mass is 1130 g/mol. The van der Waals surface area contributed by atoms with Gasteiger partial charge in [0.2, 0.25) is 0 Å². The number of para-hydroxylation sites is 2. The average molecular weight is 1130 g/mol. The summed E-state index contributed by atoms with van der Waals surface area (Å²) in [6, 6.07) is 68.2. The molecule has 1 aliphatic carbocycles. The summed E-state index contributed by atoms with van der Waals surface area (Å²) in [6.45, 7) is 13.8. The third-order valence-electron chi connectivity index (χ3n) is 15.1. The molecule has 12 rings (SSSR count). The minimum atomic E-state index is -2.40. The van der Waals surface area contributed by atoms with Crippen LogP contribution in [0, 0.1) is 22.8 Å². The summed E-state index contributed by atoms with van der Waals surface area (Å²) in [6.07, 6.45) is 3.84. The van der Waals surface area contributed by atoms with E-state index >= 15 is 0 Å². The van der Waals surface area contributed by atoms with E-state index in [0.717, 1.165) is 88.7 Å². The minimum Gasteiger partial charge on any atom is -0.0622 e. The molecule has 6 heteroatoms. The fourth-order valence-electron chi connectivity index (χ4n) is 11.0. The second-order valence-corrected chi connectivity index (χ2v) is 22.9. The second-order valence-electron chi connectivity index (χ2n) is 21.9. The minimum absolute atomic E-state index is 0.0292. The Morgan fingerprint density at radius 3 is 1.73 bits per heavy atom. The Kier molecular flexibility index (Phi) is 10.5. The molecule has 0 bridgehead atoms. The van der Waals surface area contributed by atoms with Crippen LogP contribution in [0.5, 0.6) is 11.5 Å². The van der Waals surface area contributed by atoms with Crippen molar-refractivity contribution in [3.63, 3.8) is 0 Å². The molecule has 3 aromatic heterocycles. The van der Waals surface area contributed by atoms with Crippen molar-refractivity contribution in [1.82, 2.24) is 18.7 Å². The van der Waals surface area contributed by atoms with Gasteiger partial charge in [-0.1, -0.05) is 58.0 Å². The molecule has 11 aromatic rings. The molecule has 0 spiro atoms. The van der Waals surface area contributed by atoms with Crippen LogP contribution in [0.2, 0.25) is 0 Å². The summed E-state index contributed by atoms with van der Waals surface area (Å²) in [5.74, 6) is 1.52. The summed E-state index contributed by atoms with van der Waals surface area (Å²) in [4.78, 5) is 5.07. The van der Waals surface area contributed by atoms with E-state index in [2.05, 4.69) is 215 Å². The van der Waals surface area contributed by atoms with Gasteiger partial charge in [0.25, 0.3) is 0 Å². The molecule has 0 amide bonds. The number of aryl methyl sites for hydroxylation is 1. The summed E-state index contributed by atoms with van der Waals surface area (Å²) in [5, 5.41) is 2.03. The summed E-state index contributed by atoms with van der Waals surface area (Å²) in [7, 11) is 0. The molecule has 0 atom stereocenters. The molecule has 0 saturated carbocycles. The Balaban J connectivity index is 1.02. The second kappa shape index (κ2) is 17.7. The van der Waals surface area contributed by atoms with Crippen molar-refractivity contribution in [2.24, 2.45) is 0 Å². The normalized spacial score (nSPS) is 15.0. The van der Waals surface area contributed by atoms with Gasteiger partial charge in [-0.05, 0) is 52.8 Å². The summed E-state index contributed by atoms with van der Waals surface area (Å²) < 4.78 is 40.8. The number of fused-ring (bicyclic) bond motifs is 5. The van der Waals surface area contributed by atoms with E-state index in [1.54, 1.807) is 12.3 Å². The SMILES string of the molecule is [2H]C([2H])([2H])c1cc(-n2c3[c-]c(Oc4[c-]c(-n5[c](=[Pt])n(-c6c(-c7ccccc7)cc(C(C)(C)C)cc6-c6ccccc6)c6ccccc65)ccc4)ccc3c3cc4c(cc32)C(C)(C)CCC4(C)C)ncc1-c1ccccc1. The summed E-state index contributed by atoms with van der Waals surface area (Å²) in [5.41, 5.74) is 15.5. The number of hydrogen-bond acceptors (Lipinski definition) is 2. The zero-order valence-electron chi connectivity index (χ0n) is 45.2. The first-order valence-corrected chi connectivity index (χ1v) is 26.3. The van der Waals surface area contributed by atoms with Crippen molar-refractivity contribution in [1.29, 1.82) is 0 Å². The fourth-order valence-corrected chi connectivity index (χ4v) is 12.1. The molecular weight excluding hydrogens is 1070 g/mol. The van der Waals surface area contributed by atoms with Gasteiger partial charge in [-0.2, -0.15) is 0 Å². The van der Waals surface area contributed by atoms with Gasteiger partial charge < -0.3 is 0 Å². The number of ether oxygens (including phenoxy) is 1. The van der Waals surface area contributed by atoms with Gasteiger partial charge in [0.1, 0.15) is 0 Å². The quantitative estimate of drug-likeness (QED) is 0.142.